The summed E-state index contributed by atoms with van der Waals surface area (Å²) >= 11 is 0. The van der Waals surface area contributed by atoms with Crippen molar-refractivity contribution >= 4 is 17.5 Å². The number of anilines is 1. The van der Waals surface area contributed by atoms with Crippen LogP contribution in [0.3, 0.4) is 0 Å². The van der Waals surface area contributed by atoms with Gasteiger partial charge in [0.2, 0.25) is 11.8 Å². The van der Waals surface area contributed by atoms with Crippen LogP contribution in [0.2, 0.25) is 0 Å². The average molecular weight is 337 g/mol. The summed E-state index contributed by atoms with van der Waals surface area (Å²) in [5, 5.41) is 0. The lowest BCUT2D eigenvalue weighted by atomic mass is 10.1. The highest BCUT2D eigenvalue weighted by Crippen LogP contribution is 2.31. The Balaban J connectivity index is 1.74. The molecule has 0 saturated carbocycles. The number of hydrogen-bond donors (Lipinski definition) is 1. The smallest absolute Gasteiger partial charge is 0.228 e. The lowest BCUT2D eigenvalue weighted by molar-refractivity contribution is -0.136. The van der Waals surface area contributed by atoms with Gasteiger partial charge in [0.05, 0.1) is 11.6 Å². The third kappa shape index (κ3) is 3.00. The van der Waals surface area contributed by atoms with E-state index in [-0.39, 0.29) is 42.4 Å². The molecule has 24 heavy (non-hydrogen) atoms. The molecule has 3 rings (SSSR count). The van der Waals surface area contributed by atoms with E-state index in [0.717, 1.165) is 18.6 Å². The van der Waals surface area contributed by atoms with Gasteiger partial charge in [0.25, 0.3) is 0 Å². The molecule has 5 nitrogen and oxygen atoms in total. The topological polar surface area (TPSA) is 66.6 Å². The Morgan fingerprint density at radius 2 is 2.08 bits per heavy atom. The SMILES string of the molecule is CC1CC(CN)CN1C(=O)C1CC(=O)N(c2ccc(F)cc2F)C1. The number of rotatable bonds is 3. The lowest BCUT2D eigenvalue weighted by Crippen LogP contribution is -2.40. The quantitative estimate of drug-likeness (QED) is 0.909. The standard InChI is InChI=1S/C17H21F2N3O2/c1-10-4-11(7-20)8-21(10)17(24)12-5-16(23)22(9-12)15-3-2-13(18)6-14(15)19/h2-3,6,10-12H,4-5,7-9,20H2,1H3. The van der Waals surface area contributed by atoms with Crippen molar-refractivity contribution < 1.29 is 18.4 Å². The molecule has 0 radical (unpaired) electrons. The molecule has 2 fully saturated rings. The van der Waals surface area contributed by atoms with Crippen LogP contribution < -0.4 is 10.6 Å². The molecular formula is C17H21F2N3O2. The summed E-state index contributed by atoms with van der Waals surface area (Å²) in [6.07, 6.45) is 0.908. The van der Waals surface area contributed by atoms with Gasteiger partial charge in [-0.2, -0.15) is 0 Å². The van der Waals surface area contributed by atoms with Crippen LogP contribution in [0.15, 0.2) is 18.2 Å². The maximum Gasteiger partial charge on any atom is 0.228 e. The van der Waals surface area contributed by atoms with Crippen molar-refractivity contribution in [3.05, 3.63) is 29.8 Å². The van der Waals surface area contributed by atoms with Crippen LogP contribution in [0.4, 0.5) is 14.5 Å². The number of benzene rings is 1. The summed E-state index contributed by atoms with van der Waals surface area (Å²) in [5.74, 6) is -2.12. The summed E-state index contributed by atoms with van der Waals surface area (Å²) in [6.45, 7) is 3.23. The zero-order valence-corrected chi connectivity index (χ0v) is 13.5. The van der Waals surface area contributed by atoms with E-state index in [9.17, 15) is 18.4 Å². The first-order chi connectivity index (χ1) is 11.4. The van der Waals surface area contributed by atoms with Gasteiger partial charge in [-0.1, -0.05) is 0 Å². The minimum absolute atomic E-state index is 0.0194. The van der Waals surface area contributed by atoms with Crippen LogP contribution in [0.25, 0.3) is 0 Å². The Morgan fingerprint density at radius 1 is 1.33 bits per heavy atom. The minimum Gasteiger partial charge on any atom is -0.339 e. The summed E-state index contributed by atoms with van der Waals surface area (Å²) in [6, 6.07) is 3.18. The Hall–Kier alpha value is -2.02. The van der Waals surface area contributed by atoms with Gasteiger partial charge in [0, 0.05) is 31.6 Å². The van der Waals surface area contributed by atoms with Crippen LogP contribution in [-0.2, 0) is 9.59 Å². The van der Waals surface area contributed by atoms with Gasteiger partial charge in [0.15, 0.2) is 0 Å². The normalized spacial score (nSPS) is 27.2. The van der Waals surface area contributed by atoms with E-state index in [2.05, 4.69) is 0 Å². The monoisotopic (exact) mass is 337 g/mol. The van der Waals surface area contributed by atoms with E-state index in [1.54, 1.807) is 4.90 Å². The van der Waals surface area contributed by atoms with Crippen molar-refractivity contribution in [2.45, 2.75) is 25.8 Å². The third-order valence-corrected chi connectivity index (χ3v) is 4.95. The molecule has 1 aromatic carbocycles. The second-order valence-corrected chi connectivity index (χ2v) is 6.68. The molecule has 3 atom stereocenters. The molecule has 0 spiro atoms. The van der Waals surface area contributed by atoms with Gasteiger partial charge in [0.1, 0.15) is 11.6 Å². The van der Waals surface area contributed by atoms with Crippen molar-refractivity contribution in [2.75, 3.05) is 24.5 Å². The molecule has 2 aliphatic rings. The maximum absolute atomic E-state index is 13.9. The number of likely N-dealkylation sites (tertiary alicyclic amines) is 1. The molecule has 130 valence electrons. The summed E-state index contributed by atoms with van der Waals surface area (Å²) in [7, 11) is 0. The van der Waals surface area contributed by atoms with Crippen LogP contribution >= 0.6 is 0 Å². The van der Waals surface area contributed by atoms with Gasteiger partial charge < -0.3 is 15.5 Å². The highest BCUT2D eigenvalue weighted by atomic mass is 19.1. The first kappa shape index (κ1) is 16.8. The first-order valence-electron chi connectivity index (χ1n) is 8.16. The number of halogens is 2. The minimum atomic E-state index is -0.797. The second kappa shape index (κ2) is 6.47. The van der Waals surface area contributed by atoms with Gasteiger partial charge in [-0.3, -0.25) is 9.59 Å². The Morgan fingerprint density at radius 3 is 2.71 bits per heavy atom. The van der Waals surface area contributed by atoms with E-state index in [1.807, 2.05) is 6.92 Å². The number of nitrogens with zero attached hydrogens (tertiary/aromatic N) is 2. The van der Waals surface area contributed by atoms with Crippen molar-refractivity contribution in [1.82, 2.24) is 4.90 Å². The van der Waals surface area contributed by atoms with Gasteiger partial charge >= 0.3 is 0 Å². The van der Waals surface area contributed by atoms with Gasteiger partial charge in [-0.25, -0.2) is 8.78 Å². The van der Waals surface area contributed by atoms with E-state index in [0.29, 0.717) is 13.1 Å². The van der Waals surface area contributed by atoms with E-state index in [1.165, 1.54) is 11.0 Å². The highest BCUT2D eigenvalue weighted by molar-refractivity contribution is 6.00. The number of amides is 2. The predicted octanol–water partition coefficient (Wildman–Crippen LogP) is 1.51. The fourth-order valence-electron chi connectivity index (χ4n) is 3.66. The molecule has 2 aliphatic heterocycles. The molecule has 2 N–H and O–H groups in total. The Bertz CT molecular complexity index is 667. The van der Waals surface area contributed by atoms with Crippen molar-refractivity contribution in [3.8, 4) is 0 Å². The fraction of sp³-hybridized carbons (Fsp3) is 0.529. The van der Waals surface area contributed by atoms with Crippen molar-refractivity contribution in [1.29, 1.82) is 0 Å². The molecule has 7 heteroatoms. The molecular weight excluding hydrogens is 316 g/mol. The van der Waals surface area contributed by atoms with Crippen molar-refractivity contribution in [2.24, 2.45) is 17.6 Å². The Labute approximate surface area is 139 Å². The van der Waals surface area contributed by atoms with E-state index in [4.69, 9.17) is 5.73 Å². The highest BCUT2D eigenvalue weighted by Gasteiger charge is 2.41. The summed E-state index contributed by atoms with van der Waals surface area (Å²) in [5.41, 5.74) is 5.71. The van der Waals surface area contributed by atoms with E-state index >= 15 is 0 Å². The lowest BCUT2D eigenvalue weighted by Gasteiger charge is -2.25. The van der Waals surface area contributed by atoms with Gasteiger partial charge in [-0.05, 0) is 37.9 Å². The molecule has 1 aromatic rings. The van der Waals surface area contributed by atoms with Crippen LogP contribution in [0.1, 0.15) is 19.8 Å². The Kier molecular flexibility index (Phi) is 4.54. The van der Waals surface area contributed by atoms with Gasteiger partial charge in [-0.15, -0.1) is 0 Å². The summed E-state index contributed by atoms with van der Waals surface area (Å²) in [4.78, 5) is 28.0. The molecule has 3 unspecified atom stereocenters. The molecule has 0 aliphatic carbocycles. The molecule has 2 heterocycles. The molecule has 0 aromatic heterocycles. The first-order valence-corrected chi connectivity index (χ1v) is 8.16. The zero-order valence-electron chi connectivity index (χ0n) is 13.5. The second-order valence-electron chi connectivity index (χ2n) is 6.68. The van der Waals surface area contributed by atoms with Crippen LogP contribution in [0.5, 0.6) is 0 Å². The van der Waals surface area contributed by atoms with Crippen LogP contribution in [-0.4, -0.2) is 42.4 Å². The maximum atomic E-state index is 13.9. The molecule has 2 amide bonds. The fourth-order valence-corrected chi connectivity index (χ4v) is 3.66. The number of carbonyl (C=O) groups is 2. The number of carbonyl (C=O) groups excluding carboxylic acids is 2. The molecule has 0 bridgehead atoms. The predicted molar refractivity (Wildman–Crippen MR) is 85.2 cm³/mol. The molecule has 2 saturated heterocycles. The number of nitrogens with two attached hydrogens (primary N) is 1. The zero-order chi connectivity index (χ0) is 17.4. The largest absolute Gasteiger partial charge is 0.339 e. The number of hydrogen-bond acceptors (Lipinski definition) is 3. The van der Waals surface area contributed by atoms with Crippen LogP contribution in [0, 0.1) is 23.5 Å². The summed E-state index contributed by atoms with van der Waals surface area (Å²) < 4.78 is 27.0. The van der Waals surface area contributed by atoms with Crippen molar-refractivity contribution in [3.63, 3.8) is 0 Å². The van der Waals surface area contributed by atoms with E-state index < -0.39 is 17.6 Å². The third-order valence-electron chi connectivity index (χ3n) is 4.95. The average Bonchev–Trinajstić information content (AvgIpc) is 3.10.